The molecule has 0 fully saturated rings. The second kappa shape index (κ2) is 8.92. The standard InChI is InChI=1S/C18H19Cl2NO2/c19-15-9-10-16(17(20)12-15)13-5-7-14(8-6-13)18(21-23)4-2-1-3-11-22/h5-10,12,22-23H,1-4,11H2/b21-18+. The number of hydrogen-bond acceptors (Lipinski definition) is 3. The van der Waals surface area contributed by atoms with Crippen LogP contribution in [0.5, 0.6) is 0 Å². The Morgan fingerprint density at radius 3 is 2.30 bits per heavy atom. The van der Waals surface area contributed by atoms with Gasteiger partial charge in [0.1, 0.15) is 0 Å². The molecule has 5 heteroatoms. The Morgan fingerprint density at radius 2 is 1.70 bits per heavy atom. The van der Waals surface area contributed by atoms with Gasteiger partial charge >= 0.3 is 0 Å². The van der Waals surface area contributed by atoms with Crippen LogP contribution in [0.1, 0.15) is 31.2 Å². The lowest BCUT2D eigenvalue weighted by Crippen LogP contribution is -2.01. The first-order valence-corrected chi connectivity index (χ1v) is 8.29. The third kappa shape index (κ3) is 4.96. The van der Waals surface area contributed by atoms with E-state index in [0.29, 0.717) is 22.2 Å². The maximum atomic E-state index is 9.20. The molecule has 122 valence electrons. The molecule has 2 rings (SSSR count). The zero-order valence-electron chi connectivity index (χ0n) is 12.7. The Morgan fingerprint density at radius 1 is 0.957 bits per heavy atom. The molecule has 2 aromatic carbocycles. The minimum absolute atomic E-state index is 0.197. The fourth-order valence-electron chi connectivity index (χ4n) is 2.40. The van der Waals surface area contributed by atoms with E-state index in [9.17, 15) is 5.21 Å². The van der Waals surface area contributed by atoms with Crippen LogP contribution in [0.25, 0.3) is 11.1 Å². The molecule has 0 spiro atoms. The van der Waals surface area contributed by atoms with E-state index in [1.807, 2.05) is 30.3 Å². The molecule has 0 heterocycles. The van der Waals surface area contributed by atoms with Crippen molar-refractivity contribution in [1.29, 1.82) is 0 Å². The average molecular weight is 352 g/mol. The van der Waals surface area contributed by atoms with E-state index >= 15 is 0 Å². The zero-order chi connectivity index (χ0) is 16.7. The molecule has 0 radical (unpaired) electrons. The highest BCUT2D eigenvalue weighted by atomic mass is 35.5. The Hall–Kier alpha value is -1.55. The Labute approximate surface area is 146 Å². The summed E-state index contributed by atoms with van der Waals surface area (Å²) in [5, 5.41) is 22.6. The zero-order valence-corrected chi connectivity index (χ0v) is 14.2. The number of unbranched alkanes of at least 4 members (excludes halogenated alkanes) is 2. The first-order valence-electron chi connectivity index (χ1n) is 7.53. The Bertz CT molecular complexity index is 669. The summed E-state index contributed by atoms with van der Waals surface area (Å²) in [4.78, 5) is 0. The van der Waals surface area contributed by atoms with Gasteiger partial charge in [-0.05, 0) is 42.5 Å². The molecule has 0 saturated heterocycles. The van der Waals surface area contributed by atoms with Crippen LogP contribution in [0.4, 0.5) is 0 Å². The van der Waals surface area contributed by atoms with Gasteiger partial charge in [-0.1, -0.05) is 65.1 Å². The monoisotopic (exact) mass is 351 g/mol. The topological polar surface area (TPSA) is 52.8 Å². The lowest BCUT2D eigenvalue weighted by Gasteiger charge is -2.08. The highest BCUT2D eigenvalue weighted by Crippen LogP contribution is 2.30. The van der Waals surface area contributed by atoms with Crippen LogP contribution in [0.15, 0.2) is 47.6 Å². The summed E-state index contributed by atoms with van der Waals surface area (Å²) >= 11 is 12.1. The largest absolute Gasteiger partial charge is 0.411 e. The second-order valence-electron chi connectivity index (χ2n) is 5.28. The van der Waals surface area contributed by atoms with Gasteiger partial charge in [-0.2, -0.15) is 0 Å². The number of halogens is 2. The first kappa shape index (κ1) is 17.8. The van der Waals surface area contributed by atoms with Gasteiger partial charge in [-0.25, -0.2) is 0 Å². The molecule has 0 atom stereocenters. The van der Waals surface area contributed by atoms with Gasteiger partial charge < -0.3 is 10.3 Å². The minimum Gasteiger partial charge on any atom is -0.411 e. The SMILES string of the molecule is OCCCCC/C(=N\O)c1ccc(-c2ccc(Cl)cc2Cl)cc1. The lowest BCUT2D eigenvalue weighted by atomic mass is 9.99. The fourth-order valence-corrected chi connectivity index (χ4v) is 2.92. The van der Waals surface area contributed by atoms with Gasteiger partial charge in [0.2, 0.25) is 0 Å². The lowest BCUT2D eigenvalue weighted by molar-refractivity contribution is 0.283. The van der Waals surface area contributed by atoms with Crippen molar-refractivity contribution in [3.63, 3.8) is 0 Å². The highest BCUT2D eigenvalue weighted by Gasteiger charge is 2.07. The molecule has 3 nitrogen and oxygen atoms in total. The first-order chi connectivity index (χ1) is 11.2. The van der Waals surface area contributed by atoms with E-state index in [4.69, 9.17) is 28.3 Å². The third-order valence-electron chi connectivity index (χ3n) is 3.65. The van der Waals surface area contributed by atoms with Gasteiger partial charge in [0.05, 0.1) is 5.71 Å². The molecule has 0 aromatic heterocycles. The summed E-state index contributed by atoms with van der Waals surface area (Å²) in [6.07, 6.45) is 3.24. The van der Waals surface area contributed by atoms with Gasteiger partial charge in [-0.15, -0.1) is 0 Å². The summed E-state index contributed by atoms with van der Waals surface area (Å²) in [7, 11) is 0. The van der Waals surface area contributed by atoms with Crippen molar-refractivity contribution >= 4 is 28.9 Å². The maximum absolute atomic E-state index is 9.20. The van der Waals surface area contributed by atoms with Gasteiger partial charge in [-0.3, -0.25) is 0 Å². The summed E-state index contributed by atoms with van der Waals surface area (Å²) in [6, 6.07) is 13.1. The summed E-state index contributed by atoms with van der Waals surface area (Å²) in [5.41, 5.74) is 3.42. The Kier molecular flexibility index (Phi) is 6.90. The number of rotatable bonds is 7. The summed E-state index contributed by atoms with van der Waals surface area (Å²) in [5.74, 6) is 0. The molecule has 0 saturated carbocycles. The van der Waals surface area contributed by atoms with Crippen molar-refractivity contribution in [2.75, 3.05) is 6.61 Å². The highest BCUT2D eigenvalue weighted by molar-refractivity contribution is 6.36. The van der Waals surface area contributed by atoms with E-state index in [-0.39, 0.29) is 6.61 Å². The molecule has 0 bridgehead atoms. The van der Waals surface area contributed by atoms with Crippen molar-refractivity contribution < 1.29 is 10.3 Å². The summed E-state index contributed by atoms with van der Waals surface area (Å²) in [6.45, 7) is 0.197. The molecule has 23 heavy (non-hydrogen) atoms. The van der Waals surface area contributed by atoms with Crippen molar-refractivity contribution in [3.05, 3.63) is 58.1 Å². The van der Waals surface area contributed by atoms with E-state index in [1.165, 1.54) is 0 Å². The number of nitrogens with zero attached hydrogens (tertiary/aromatic N) is 1. The van der Waals surface area contributed by atoms with Gasteiger partial charge in [0.15, 0.2) is 0 Å². The molecule has 0 aliphatic rings. The molecule has 2 aromatic rings. The number of aliphatic hydroxyl groups is 1. The number of aliphatic hydroxyl groups excluding tert-OH is 1. The van der Waals surface area contributed by atoms with E-state index in [0.717, 1.165) is 36.0 Å². The molecular formula is C18H19Cl2NO2. The van der Waals surface area contributed by atoms with Crippen LogP contribution in [-0.4, -0.2) is 22.6 Å². The molecule has 0 unspecified atom stereocenters. The maximum Gasteiger partial charge on any atom is 0.0867 e. The van der Waals surface area contributed by atoms with E-state index < -0.39 is 0 Å². The average Bonchev–Trinajstić information content (AvgIpc) is 2.55. The summed E-state index contributed by atoms with van der Waals surface area (Å²) < 4.78 is 0. The molecule has 0 amide bonds. The number of hydrogen-bond donors (Lipinski definition) is 2. The molecule has 0 aliphatic heterocycles. The normalized spacial score (nSPS) is 11.7. The van der Waals surface area contributed by atoms with Crippen LogP contribution in [0.2, 0.25) is 10.0 Å². The van der Waals surface area contributed by atoms with Crippen LogP contribution >= 0.6 is 23.2 Å². The van der Waals surface area contributed by atoms with Crippen molar-refractivity contribution in [1.82, 2.24) is 0 Å². The van der Waals surface area contributed by atoms with Gasteiger partial charge in [0, 0.05) is 22.2 Å². The van der Waals surface area contributed by atoms with Gasteiger partial charge in [0.25, 0.3) is 0 Å². The quantitative estimate of drug-likeness (QED) is 0.304. The predicted molar refractivity (Wildman–Crippen MR) is 95.8 cm³/mol. The predicted octanol–water partition coefficient (Wildman–Crippen LogP) is 5.39. The second-order valence-corrected chi connectivity index (χ2v) is 6.13. The number of benzene rings is 2. The van der Waals surface area contributed by atoms with E-state index in [2.05, 4.69) is 5.16 Å². The van der Waals surface area contributed by atoms with E-state index in [1.54, 1.807) is 12.1 Å². The van der Waals surface area contributed by atoms with Crippen LogP contribution in [0, 0.1) is 0 Å². The van der Waals surface area contributed by atoms with Crippen molar-refractivity contribution in [2.24, 2.45) is 5.16 Å². The fraction of sp³-hybridized carbons (Fsp3) is 0.278. The molecule has 0 aliphatic carbocycles. The van der Waals surface area contributed by atoms with Crippen LogP contribution in [0.3, 0.4) is 0 Å². The third-order valence-corrected chi connectivity index (χ3v) is 4.20. The smallest absolute Gasteiger partial charge is 0.0867 e. The number of oxime groups is 1. The van der Waals surface area contributed by atoms with Crippen molar-refractivity contribution in [3.8, 4) is 11.1 Å². The molecular weight excluding hydrogens is 333 g/mol. The van der Waals surface area contributed by atoms with Crippen LogP contribution < -0.4 is 0 Å². The Balaban J connectivity index is 2.11. The molecule has 2 N–H and O–H groups in total. The van der Waals surface area contributed by atoms with Crippen molar-refractivity contribution in [2.45, 2.75) is 25.7 Å². The van der Waals surface area contributed by atoms with Crippen LogP contribution in [-0.2, 0) is 0 Å². The minimum atomic E-state index is 0.197.